The number of hydrogen-bond acceptors (Lipinski definition) is 5. The van der Waals surface area contributed by atoms with Crippen molar-refractivity contribution < 1.29 is 9.47 Å². The van der Waals surface area contributed by atoms with Crippen LogP contribution in [0.1, 0.15) is 43.8 Å². The molecule has 0 atom stereocenters. The van der Waals surface area contributed by atoms with E-state index >= 15 is 0 Å². The second-order valence-electron chi connectivity index (χ2n) is 4.43. The molecule has 1 aromatic heterocycles. The molecule has 0 saturated carbocycles. The second kappa shape index (κ2) is 11.3. The van der Waals surface area contributed by atoms with E-state index in [1.807, 2.05) is 0 Å². The van der Waals surface area contributed by atoms with Crippen molar-refractivity contribution in [2.45, 2.75) is 46.3 Å². The number of unbranched alkanes of at least 4 members (excludes halogenated alkanes) is 1. The lowest BCUT2D eigenvalue weighted by molar-refractivity contribution is 0.0387. The monoisotopic (exact) mass is 286 g/mol. The average Bonchev–Trinajstić information content (AvgIpc) is 2.86. The molecule has 0 unspecified atom stereocenters. The normalized spacial score (nSPS) is 11.1. The van der Waals surface area contributed by atoms with Gasteiger partial charge in [0.05, 0.1) is 25.5 Å². The molecule has 4 nitrogen and oxygen atoms in total. The van der Waals surface area contributed by atoms with Crippen molar-refractivity contribution in [2.75, 3.05) is 26.4 Å². The molecule has 0 bridgehead atoms. The van der Waals surface area contributed by atoms with Crippen molar-refractivity contribution in [2.24, 2.45) is 0 Å². The van der Waals surface area contributed by atoms with Crippen LogP contribution >= 0.6 is 11.3 Å². The first kappa shape index (κ1) is 16.6. The molecule has 0 aliphatic rings. The number of ether oxygens (including phenoxy) is 2. The lowest BCUT2D eigenvalue weighted by Gasteiger charge is -2.03. The van der Waals surface area contributed by atoms with Gasteiger partial charge in [-0.15, -0.1) is 11.3 Å². The first-order valence-electron chi connectivity index (χ1n) is 7.16. The van der Waals surface area contributed by atoms with Crippen molar-refractivity contribution in [3.8, 4) is 0 Å². The van der Waals surface area contributed by atoms with Crippen molar-refractivity contribution >= 4 is 11.3 Å². The van der Waals surface area contributed by atoms with Gasteiger partial charge in [0.1, 0.15) is 5.01 Å². The SMILES string of the molecule is CCCCOCCOCc1csc(CNCCC)n1. The van der Waals surface area contributed by atoms with Crippen LogP contribution in [0.5, 0.6) is 0 Å². The Balaban J connectivity index is 2.03. The molecule has 0 spiro atoms. The molecule has 19 heavy (non-hydrogen) atoms. The minimum atomic E-state index is 0.585. The quantitative estimate of drug-likeness (QED) is 0.600. The van der Waals surface area contributed by atoms with E-state index in [2.05, 4.69) is 29.5 Å². The van der Waals surface area contributed by atoms with E-state index in [1.54, 1.807) is 11.3 Å². The van der Waals surface area contributed by atoms with Crippen molar-refractivity contribution in [1.29, 1.82) is 0 Å². The molecule has 1 aromatic rings. The van der Waals surface area contributed by atoms with Gasteiger partial charge in [0, 0.05) is 18.5 Å². The Labute approximate surface area is 120 Å². The summed E-state index contributed by atoms with van der Waals surface area (Å²) in [6.45, 7) is 8.97. The highest BCUT2D eigenvalue weighted by Gasteiger charge is 2.01. The van der Waals surface area contributed by atoms with E-state index in [9.17, 15) is 0 Å². The predicted octanol–water partition coefficient (Wildman–Crippen LogP) is 2.98. The number of hydrogen-bond donors (Lipinski definition) is 1. The van der Waals surface area contributed by atoms with Crippen LogP contribution in [0, 0.1) is 0 Å². The second-order valence-corrected chi connectivity index (χ2v) is 5.37. The smallest absolute Gasteiger partial charge is 0.107 e. The largest absolute Gasteiger partial charge is 0.379 e. The summed E-state index contributed by atoms with van der Waals surface area (Å²) in [4.78, 5) is 4.52. The van der Waals surface area contributed by atoms with Crippen molar-refractivity contribution in [3.63, 3.8) is 0 Å². The fourth-order valence-corrected chi connectivity index (χ4v) is 2.26. The van der Waals surface area contributed by atoms with Gasteiger partial charge in [0.25, 0.3) is 0 Å². The highest BCUT2D eigenvalue weighted by Crippen LogP contribution is 2.10. The van der Waals surface area contributed by atoms with Gasteiger partial charge in [0.2, 0.25) is 0 Å². The number of nitrogens with zero attached hydrogens (tertiary/aromatic N) is 1. The first-order chi connectivity index (χ1) is 9.36. The zero-order valence-corrected chi connectivity index (χ0v) is 12.9. The summed E-state index contributed by atoms with van der Waals surface area (Å²) >= 11 is 1.69. The van der Waals surface area contributed by atoms with Crippen molar-refractivity contribution in [3.05, 3.63) is 16.1 Å². The summed E-state index contributed by atoms with van der Waals surface area (Å²) < 4.78 is 11.0. The molecule has 0 aromatic carbocycles. The van der Waals surface area contributed by atoms with Gasteiger partial charge in [-0.25, -0.2) is 4.98 Å². The summed E-state index contributed by atoms with van der Waals surface area (Å²) in [5, 5.41) is 6.55. The zero-order chi connectivity index (χ0) is 13.8. The van der Waals surface area contributed by atoms with Crippen LogP contribution in [0.2, 0.25) is 0 Å². The summed E-state index contributed by atoms with van der Waals surface area (Å²) in [6, 6.07) is 0. The van der Waals surface area contributed by atoms with Gasteiger partial charge < -0.3 is 14.8 Å². The molecular formula is C14H26N2O2S. The minimum Gasteiger partial charge on any atom is -0.379 e. The predicted molar refractivity (Wildman–Crippen MR) is 79.5 cm³/mol. The van der Waals surface area contributed by atoms with Crippen LogP contribution in [-0.4, -0.2) is 31.3 Å². The van der Waals surface area contributed by atoms with E-state index in [0.29, 0.717) is 19.8 Å². The van der Waals surface area contributed by atoms with Crippen LogP contribution in [0.15, 0.2) is 5.38 Å². The summed E-state index contributed by atoms with van der Waals surface area (Å²) in [5.41, 5.74) is 1.02. The molecule has 0 aliphatic carbocycles. The average molecular weight is 286 g/mol. The van der Waals surface area contributed by atoms with Gasteiger partial charge in [-0.3, -0.25) is 0 Å². The molecule has 0 amide bonds. The van der Waals surface area contributed by atoms with Crippen LogP contribution in [0.4, 0.5) is 0 Å². The maximum Gasteiger partial charge on any atom is 0.107 e. The van der Waals surface area contributed by atoms with Crippen molar-refractivity contribution in [1.82, 2.24) is 10.3 Å². The highest BCUT2D eigenvalue weighted by atomic mass is 32.1. The third-order valence-electron chi connectivity index (χ3n) is 2.57. The van der Waals surface area contributed by atoms with Gasteiger partial charge in [-0.1, -0.05) is 20.3 Å². The van der Waals surface area contributed by atoms with E-state index < -0.39 is 0 Å². The topological polar surface area (TPSA) is 43.4 Å². The Morgan fingerprint density at radius 1 is 1.16 bits per heavy atom. The van der Waals surface area contributed by atoms with Crippen LogP contribution in [0.3, 0.4) is 0 Å². The maximum atomic E-state index is 5.54. The molecular weight excluding hydrogens is 260 g/mol. The third-order valence-corrected chi connectivity index (χ3v) is 3.46. The standard InChI is InChI=1S/C14H26N2O2S/c1-3-5-7-17-8-9-18-11-13-12-19-14(16-13)10-15-6-4-2/h12,15H,3-11H2,1-2H3. The first-order valence-corrected chi connectivity index (χ1v) is 8.04. The number of thiazole rings is 1. The van der Waals surface area contributed by atoms with Gasteiger partial charge in [-0.2, -0.15) is 0 Å². The molecule has 1 N–H and O–H groups in total. The van der Waals surface area contributed by atoms with Gasteiger partial charge in [-0.05, 0) is 19.4 Å². The molecule has 0 radical (unpaired) electrons. The van der Waals surface area contributed by atoms with Crippen LogP contribution < -0.4 is 5.32 Å². The fourth-order valence-electron chi connectivity index (χ4n) is 1.51. The van der Waals surface area contributed by atoms with E-state index in [-0.39, 0.29) is 0 Å². The Morgan fingerprint density at radius 2 is 2.00 bits per heavy atom. The lowest BCUT2D eigenvalue weighted by Crippen LogP contribution is -2.13. The Kier molecular flexibility index (Phi) is 9.89. The van der Waals surface area contributed by atoms with Gasteiger partial charge >= 0.3 is 0 Å². The Bertz CT molecular complexity index is 318. The fraction of sp³-hybridized carbons (Fsp3) is 0.786. The van der Waals surface area contributed by atoms with Crippen LogP contribution in [-0.2, 0) is 22.6 Å². The molecule has 0 fully saturated rings. The Hall–Kier alpha value is -0.490. The molecule has 0 saturated heterocycles. The van der Waals surface area contributed by atoms with E-state index in [4.69, 9.17) is 9.47 Å². The molecule has 0 aliphatic heterocycles. The minimum absolute atomic E-state index is 0.585. The maximum absolute atomic E-state index is 5.54. The summed E-state index contributed by atoms with van der Waals surface area (Å²) in [6.07, 6.45) is 3.45. The third kappa shape index (κ3) is 8.31. The van der Waals surface area contributed by atoms with E-state index in [1.165, 1.54) is 6.42 Å². The molecule has 1 rings (SSSR count). The van der Waals surface area contributed by atoms with Crippen LogP contribution in [0.25, 0.3) is 0 Å². The molecule has 110 valence electrons. The lowest BCUT2D eigenvalue weighted by atomic mass is 10.4. The molecule has 5 heteroatoms. The number of rotatable bonds is 12. The highest BCUT2D eigenvalue weighted by molar-refractivity contribution is 7.09. The Morgan fingerprint density at radius 3 is 2.79 bits per heavy atom. The summed E-state index contributed by atoms with van der Waals surface area (Å²) in [5.74, 6) is 0. The zero-order valence-electron chi connectivity index (χ0n) is 12.1. The molecule has 1 heterocycles. The van der Waals surface area contributed by atoms with E-state index in [0.717, 1.165) is 43.2 Å². The number of nitrogens with one attached hydrogen (secondary N) is 1. The summed E-state index contributed by atoms with van der Waals surface area (Å²) in [7, 11) is 0. The van der Waals surface area contributed by atoms with Gasteiger partial charge in [0.15, 0.2) is 0 Å². The number of aromatic nitrogens is 1.